The number of nitrogens with one attached hydrogen (secondary N) is 1. The van der Waals surface area contributed by atoms with Crippen molar-refractivity contribution in [2.24, 2.45) is 11.8 Å². The Morgan fingerprint density at radius 3 is 2.29 bits per heavy atom. The number of benzene rings is 1. The SMILES string of the molecule is CNc1ccc(COC(=O)C(C)C(C)C)cc1. The highest BCUT2D eigenvalue weighted by Gasteiger charge is 2.17. The summed E-state index contributed by atoms with van der Waals surface area (Å²) in [6, 6.07) is 7.85. The van der Waals surface area contributed by atoms with Gasteiger partial charge in [-0.05, 0) is 23.6 Å². The second-order valence-corrected chi connectivity index (χ2v) is 4.59. The lowest BCUT2D eigenvalue weighted by atomic mass is 9.99. The fourth-order valence-corrected chi connectivity index (χ4v) is 1.33. The Kier molecular flexibility index (Phi) is 5.01. The molecule has 0 aliphatic heterocycles. The van der Waals surface area contributed by atoms with Crippen molar-refractivity contribution in [3.8, 4) is 0 Å². The van der Waals surface area contributed by atoms with Crippen molar-refractivity contribution >= 4 is 11.7 Å². The van der Waals surface area contributed by atoms with E-state index >= 15 is 0 Å². The van der Waals surface area contributed by atoms with Gasteiger partial charge in [0.05, 0.1) is 5.92 Å². The van der Waals surface area contributed by atoms with E-state index in [-0.39, 0.29) is 11.9 Å². The van der Waals surface area contributed by atoms with Crippen LogP contribution < -0.4 is 5.32 Å². The molecular weight excluding hydrogens is 214 g/mol. The summed E-state index contributed by atoms with van der Waals surface area (Å²) in [5, 5.41) is 3.04. The third kappa shape index (κ3) is 4.10. The Bertz CT molecular complexity index is 357. The maximum atomic E-state index is 11.6. The molecule has 1 aromatic carbocycles. The average molecular weight is 235 g/mol. The lowest BCUT2D eigenvalue weighted by molar-refractivity contribution is -0.150. The van der Waals surface area contributed by atoms with Crippen molar-refractivity contribution in [3.05, 3.63) is 29.8 Å². The van der Waals surface area contributed by atoms with Crippen molar-refractivity contribution in [1.82, 2.24) is 0 Å². The highest BCUT2D eigenvalue weighted by atomic mass is 16.5. The normalized spacial score (nSPS) is 12.3. The molecule has 0 fully saturated rings. The van der Waals surface area contributed by atoms with Crippen LogP contribution in [-0.2, 0) is 16.1 Å². The standard InChI is InChI=1S/C14H21NO2/c1-10(2)11(3)14(16)17-9-12-5-7-13(15-4)8-6-12/h5-8,10-11,15H,9H2,1-4H3. The summed E-state index contributed by atoms with van der Waals surface area (Å²) < 4.78 is 5.27. The van der Waals surface area contributed by atoms with Crippen molar-refractivity contribution in [2.75, 3.05) is 12.4 Å². The summed E-state index contributed by atoms with van der Waals surface area (Å²) in [7, 11) is 1.87. The maximum Gasteiger partial charge on any atom is 0.309 e. The largest absolute Gasteiger partial charge is 0.461 e. The second-order valence-electron chi connectivity index (χ2n) is 4.59. The molecule has 0 aliphatic rings. The van der Waals surface area contributed by atoms with E-state index in [0.717, 1.165) is 11.3 Å². The molecule has 1 rings (SSSR count). The van der Waals surface area contributed by atoms with E-state index < -0.39 is 0 Å². The first kappa shape index (κ1) is 13.6. The monoisotopic (exact) mass is 235 g/mol. The third-order valence-electron chi connectivity index (χ3n) is 3.00. The minimum atomic E-state index is -0.127. The van der Waals surface area contributed by atoms with Crippen LogP contribution in [0.2, 0.25) is 0 Å². The van der Waals surface area contributed by atoms with Crippen molar-refractivity contribution in [1.29, 1.82) is 0 Å². The van der Waals surface area contributed by atoms with Gasteiger partial charge in [-0.2, -0.15) is 0 Å². The average Bonchev–Trinajstić information content (AvgIpc) is 2.35. The van der Waals surface area contributed by atoms with E-state index in [9.17, 15) is 4.79 Å². The minimum Gasteiger partial charge on any atom is -0.461 e. The molecule has 0 bridgehead atoms. The van der Waals surface area contributed by atoms with E-state index in [1.54, 1.807) is 0 Å². The molecule has 1 aromatic rings. The first-order valence-electron chi connectivity index (χ1n) is 5.98. The van der Waals surface area contributed by atoms with E-state index in [0.29, 0.717) is 12.5 Å². The Morgan fingerprint density at radius 2 is 1.82 bits per heavy atom. The first-order chi connectivity index (χ1) is 8.04. The van der Waals surface area contributed by atoms with Gasteiger partial charge in [-0.25, -0.2) is 0 Å². The molecule has 0 radical (unpaired) electrons. The van der Waals surface area contributed by atoms with Crippen LogP contribution in [0.1, 0.15) is 26.3 Å². The minimum absolute atomic E-state index is 0.0495. The van der Waals surface area contributed by atoms with E-state index in [1.807, 2.05) is 52.1 Å². The summed E-state index contributed by atoms with van der Waals surface area (Å²) >= 11 is 0. The number of anilines is 1. The lowest BCUT2D eigenvalue weighted by Crippen LogP contribution is -2.19. The summed E-state index contributed by atoms with van der Waals surface area (Å²) in [5.74, 6) is 0.137. The van der Waals surface area contributed by atoms with Crippen LogP contribution in [0.25, 0.3) is 0 Å². The van der Waals surface area contributed by atoms with Crippen LogP contribution in [0.5, 0.6) is 0 Å². The molecule has 0 amide bonds. The molecule has 0 saturated carbocycles. The number of rotatable bonds is 5. The fraction of sp³-hybridized carbons (Fsp3) is 0.500. The summed E-state index contributed by atoms with van der Waals surface area (Å²) in [6.45, 7) is 6.29. The highest BCUT2D eigenvalue weighted by molar-refractivity contribution is 5.72. The van der Waals surface area contributed by atoms with E-state index in [4.69, 9.17) is 4.74 Å². The molecule has 3 nitrogen and oxygen atoms in total. The van der Waals surface area contributed by atoms with Gasteiger partial charge < -0.3 is 10.1 Å². The van der Waals surface area contributed by atoms with Crippen LogP contribution >= 0.6 is 0 Å². The van der Waals surface area contributed by atoms with Crippen molar-refractivity contribution in [3.63, 3.8) is 0 Å². The lowest BCUT2D eigenvalue weighted by Gasteiger charge is -2.14. The molecule has 1 N–H and O–H groups in total. The van der Waals surface area contributed by atoms with Gasteiger partial charge in [-0.1, -0.05) is 32.9 Å². The zero-order chi connectivity index (χ0) is 12.8. The number of carbonyl (C=O) groups is 1. The fourth-order valence-electron chi connectivity index (χ4n) is 1.33. The molecule has 1 unspecified atom stereocenters. The second kappa shape index (κ2) is 6.28. The van der Waals surface area contributed by atoms with Crippen LogP contribution in [0, 0.1) is 11.8 Å². The Balaban J connectivity index is 2.47. The van der Waals surface area contributed by atoms with Crippen LogP contribution in [-0.4, -0.2) is 13.0 Å². The molecule has 0 spiro atoms. The van der Waals surface area contributed by atoms with E-state index in [2.05, 4.69) is 5.32 Å². The van der Waals surface area contributed by atoms with Gasteiger partial charge in [0.25, 0.3) is 0 Å². The molecule has 0 saturated heterocycles. The molecule has 0 aromatic heterocycles. The van der Waals surface area contributed by atoms with E-state index in [1.165, 1.54) is 0 Å². The number of carbonyl (C=O) groups excluding carboxylic acids is 1. The summed E-state index contributed by atoms with van der Waals surface area (Å²) in [4.78, 5) is 11.6. The van der Waals surface area contributed by atoms with Gasteiger partial charge in [-0.3, -0.25) is 4.79 Å². The highest BCUT2D eigenvalue weighted by Crippen LogP contribution is 2.14. The predicted molar refractivity (Wildman–Crippen MR) is 69.8 cm³/mol. The predicted octanol–water partition coefficient (Wildman–Crippen LogP) is 3.06. The maximum absolute atomic E-state index is 11.6. The quantitative estimate of drug-likeness (QED) is 0.797. The number of hydrogen-bond donors (Lipinski definition) is 1. The van der Waals surface area contributed by atoms with Gasteiger partial charge in [0.1, 0.15) is 6.61 Å². The van der Waals surface area contributed by atoms with Gasteiger partial charge in [0.2, 0.25) is 0 Å². The molecule has 0 heterocycles. The Morgan fingerprint density at radius 1 is 1.24 bits per heavy atom. The van der Waals surface area contributed by atoms with Gasteiger partial charge >= 0.3 is 5.97 Å². The zero-order valence-electron chi connectivity index (χ0n) is 11.0. The van der Waals surface area contributed by atoms with Crippen molar-refractivity contribution in [2.45, 2.75) is 27.4 Å². The third-order valence-corrected chi connectivity index (χ3v) is 3.00. The number of hydrogen-bond acceptors (Lipinski definition) is 3. The molecule has 94 valence electrons. The topological polar surface area (TPSA) is 38.3 Å². The van der Waals surface area contributed by atoms with Crippen LogP contribution in [0.3, 0.4) is 0 Å². The van der Waals surface area contributed by atoms with Crippen LogP contribution in [0.15, 0.2) is 24.3 Å². The Labute approximate surface area is 103 Å². The molecule has 17 heavy (non-hydrogen) atoms. The first-order valence-corrected chi connectivity index (χ1v) is 5.98. The number of ether oxygens (including phenoxy) is 1. The molecular formula is C14H21NO2. The summed E-state index contributed by atoms with van der Waals surface area (Å²) in [5.41, 5.74) is 2.06. The van der Waals surface area contributed by atoms with Gasteiger partial charge in [0.15, 0.2) is 0 Å². The summed E-state index contributed by atoms with van der Waals surface area (Å²) in [6.07, 6.45) is 0. The zero-order valence-corrected chi connectivity index (χ0v) is 11.0. The smallest absolute Gasteiger partial charge is 0.309 e. The molecule has 1 atom stereocenters. The van der Waals surface area contributed by atoms with Gasteiger partial charge in [-0.15, -0.1) is 0 Å². The molecule has 0 aliphatic carbocycles. The van der Waals surface area contributed by atoms with Gasteiger partial charge in [0, 0.05) is 12.7 Å². The molecule has 3 heteroatoms. The van der Waals surface area contributed by atoms with Crippen LogP contribution in [0.4, 0.5) is 5.69 Å². The Hall–Kier alpha value is -1.51. The van der Waals surface area contributed by atoms with Crippen molar-refractivity contribution < 1.29 is 9.53 Å². The number of esters is 1.